The summed E-state index contributed by atoms with van der Waals surface area (Å²) in [5.74, 6) is 0.0911. The molecule has 0 saturated heterocycles. The molecule has 0 unspecified atom stereocenters. The standard InChI is InChI=1S/C19H15ClN4O2S/c20-12-7-5-11(6-8-12)10-21-16(25)9-15-18(26)24-17(22-15)13-3-1-2-4-14(13)23-19(24)27/h1-8,15,22H,9-10H2,(H,21,25)/t15-/m1/s1. The molecule has 136 valence electrons. The molecule has 1 amide bonds. The van der Waals surface area contributed by atoms with Crippen molar-refractivity contribution in [3.63, 3.8) is 0 Å². The Morgan fingerprint density at radius 2 is 1.96 bits per heavy atom. The summed E-state index contributed by atoms with van der Waals surface area (Å²) in [4.78, 5) is 29.3. The first kappa shape index (κ1) is 17.6. The van der Waals surface area contributed by atoms with Gasteiger partial charge in [-0.1, -0.05) is 35.9 Å². The molecule has 3 aromatic rings. The van der Waals surface area contributed by atoms with E-state index in [1.165, 1.54) is 4.57 Å². The van der Waals surface area contributed by atoms with E-state index in [9.17, 15) is 9.59 Å². The van der Waals surface area contributed by atoms with Crippen LogP contribution in [0, 0.1) is 4.77 Å². The molecule has 2 aromatic carbocycles. The predicted octanol–water partition coefficient (Wildman–Crippen LogP) is 3.56. The first-order valence-electron chi connectivity index (χ1n) is 8.36. The second kappa shape index (κ2) is 7.09. The molecule has 2 heterocycles. The Kier molecular flexibility index (Phi) is 4.63. The lowest BCUT2D eigenvalue weighted by atomic mass is 10.2. The zero-order valence-electron chi connectivity index (χ0n) is 14.1. The number of nitrogens with zero attached hydrogens (tertiary/aromatic N) is 2. The minimum Gasteiger partial charge on any atom is -0.358 e. The summed E-state index contributed by atoms with van der Waals surface area (Å²) < 4.78 is 1.56. The van der Waals surface area contributed by atoms with Crippen LogP contribution in [0.5, 0.6) is 0 Å². The predicted molar refractivity (Wildman–Crippen MR) is 107 cm³/mol. The van der Waals surface area contributed by atoms with Gasteiger partial charge in [0.1, 0.15) is 11.9 Å². The van der Waals surface area contributed by atoms with Crippen molar-refractivity contribution in [3.05, 3.63) is 63.9 Å². The molecule has 1 aliphatic rings. The number of carbonyl (C=O) groups excluding carboxylic acids is 2. The van der Waals surface area contributed by atoms with Crippen molar-refractivity contribution in [1.82, 2.24) is 14.9 Å². The fourth-order valence-electron chi connectivity index (χ4n) is 3.07. The number of rotatable bonds is 4. The number of hydrogen-bond acceptors (Lipinski definition) is 5. The monoisotopic (exact) mass is 398 g/mol. The Morgan fingerprint density at radius 3 is 2.74 bits per heavy atom. The second-order valence-corrected chi connectivity index (χ2v) is 7.04. The van der Waals surface area contributed by atoms with E-state index >= 15 is 0 Å². The summed E-state index contributed by atoms with van der Waals surface area (Å²) >= 11 is 11.1. The maximum absolute atomic E-state index is 12.7. The van der Waals surface area contributed by atoms with E-state index in [4.69, 9.17) is 23.8 Å². The summed E-state index contributed by atoms with van der Waals surface area (Å²) in [6.07, 6.45) is 0.0111. The van der Waals surface area contributed by atoms with Gasteiger partial charge < -0.3 is 10.6 Å². The number of fused-ring (bicyclic) bond motifs is 3. The van der Waals surface area contributed by atoms with Crippen LogP contribution in [0.2, 0.25) is 5.02 Å². The zero-order valence-corrected chi connectivity index (χ0v) is 15.7. The number of nitrogens with one attached hydrogen (secondary N) is 2. The fraction of sp³-hybridized carbons (Fsp3) is 0.158. The van der Waals surface area contributed by atoms with Crippen LogP contribution >= 0.6 is 23.8 Å². The molecule has 1 aromatic heterocycles. The molecule has 0 fully saturated rings. The van der Waals surface area contributed by atoms with Crippen molar-refractivity contribution < 1.29 is 9.59 Å². The SMILES string of the molecule is O=C(C[C@H]1Nc2c3ccccc3nc(=S)n2C1=O)NCc1ccc(Cl)cc1. The van der Waals surface area contributed by atoms with Crippen molar-refractivity contribution in [2.24, 2.45) is 0 Å². The summed E-state index contributed by atoms with van der Waals surface area (Å²) in [5.41, 5.74) is 1.64. The third-order valence-corrected chi connectivity index (χ3v) is 4.94. The largest absolute Gasteiger partial charge is 0.358 e. The topological polar surface area (TPSA) is 76.0 Å². The molecule has 0 bridgehead atoms. The average molecular weight is 399 g/mol. The van der Waals surface area contributed by atoms with Gasteiger partial charge in [-0.3, -0.25) is 9.59 Å². The number of para-hydroxylation sites is 1. The van der Waals surface area contributed by atoms with Crippen LogP contribution < -0.4 is 10.6 Å². The van der Waals surface area contributed by atoms with E-state index in [0.717, 1.165) is 10.9 Å². The third-order valence-electron chi connectivity index (χ3n) is 4.41. The van der Waals surface area contributed by atoms with Gasteiger partial charge in [0, 0.05) is 17.0 Å². The van der Waals surface area contributed by atoms with Gasteiger partial charge in [-0.25, -0.2) is 9.55 Å². The van der Waals surface area contributed by atoms with Gasteiger partial charge in [0.15, 0.2) is 0 Å². The molecular formula is C19H15ClN4O2S. The zero-order chi connectivity index (χ0) is 19.0. The number of benzene rings is 2. The normalized spacial score (nSPS) is 15.4. The molecule has 27 heavy (non-hydrogen) atoms. The van der Waals surface area contributed by atoms with E-state index in [0.29, 0.717) is 22.9 Å². The summed E-state index contributed by atoms with van der Waals surface area (Å²) in [7, 11) is 0. The molecular weight excluding hydrogens is 384 g/mol. The van der Waals surface area contributed by atoms with Crippen molar-refractivity contribution in [1.29, 1.82) is 0 Å². The highest BCUT2D eigenvalue weighted by Crippen LogP contribution is 2.28. The highest BCUT2D eigenvalue weighted by molar-refractivity contribution is 7.71. The van der Waals surface area contributed by atoms with Crippen LogP contribution in [0.3, 0.4) is 0 Å². The van der Waals surface area contributed by atoms with Gasteiger partial charge in [-0.15, -0.1) is 0 Å². The van der Waals surface area contributed by atoms with E-state index in [-0.39, 0.29) is 23.0 Å². The maximum atomic E-state index is 12.7. The van der Waals surface area contributed by atoms with Crippen LogP contribution in [-0.2, 0) is 11.3 Å². The Morgan fingerprint density at radius 1 is 1.22 bits per heavy atom. The van der Waals surface area contributed by atoms with Crippen molar-refractivity contribution in [2.45, 2.75) is 19.0 Å². The van der Waals surface area contributed by atoms with Crippen LogP contribution in [0.25, 0.3) is 10.9 Å². The van der Waals surface area contributed by atoms with Gasteiger partial charge in [-0.2, -0.15) is 0 Å². The smallest absolute Gasteiger partial charge is 0.257 e. The van der Waals surface area contributed by atoms with E-state index in [2.05, 4.69) is 15.6 Å². The Hall–Kier alpha value is -2.77. The number of aromatic nitrogens is 2. The number of amides is 1. The molecule has 4 rings (SSSR count). The average Bonchev–Trinajstić information content (AvgIpc) is 2.98. The van der Waals surface area contributed by atoms with E-state index in [1.807, 2.05) is 36.4 Å². The van der Waals surface area contributed by atoms with Gasteiger partial charge in [0.2, 0.25) is 10.7 Å². The van der Waals surface area contributed by atoms with Gasteiger partial charge in [0.25, 0.3) is 5.91 Å². The third kappa shape index (κ3) is 3.43. The van der Waals surface area contributed by atoms with Crippen LogP contribution in [0.1, 0.15) is 16.8 Å². The number of carbonyl (C=O) groups is 2. The number of hydrogen-bond donors (Lipinski definition) is 2. The summed E-state index contributed by atoms with van der Waals surface area (Å²) in [6.45, 7) is 0.369. The number of halogens is 1. The van der Waals surface area contributed by atoms with Gasteiger partial charge in [-0.05, 0) is 42.0 Å². The number of anilines is 1. The van der Waals surface area contributed by atoms with Crippen LogP contribution in [0.15, 0.2) is 48.5 Å². The second-order valence-electron chi connectivity index (χ2n) is 6.24. The van der Waals surface area contributed by atoms with Crippen LogP contribution in [0.4, 0.5) is 5.82 Å². The lowest BCUT2D eigenvalue weighted by Crippen LogP contribution is -2.33. The van der Waals surface area contributed by atoms with E-state index in [1.54, 1.807) is 12.1 Å². The molecule has 0 aliphatic carbocycles. The Labute approximate surface area is 165 Å². The lowest BCUT2D eigenvalue weighted by Gasteiger charge is -2.10. The summed E-state index contributed by atoms with van der Waals surface area (Å²) in [5, 5.41) is 7.39. The first-order chi connectivity index (χ1) is 13.0. The molecule has 0 radical (unpaired) electrons. The molecule has 1 atom stereocenters. The minimum atomic E-state index is -0.676. The molecule has 6 nitrogen and oxygen atoms in total. The van der Waals surface area contributed by atoms with Crippen molar-refractivity contribution in [2.75, 3.05) is 5.32 Å². The highest BCUT2D eigenvalue weighted by Gasteiger charge is 2.33. The highest BCUT2D eigenvalue weighted by atomic mass is 35.5. The van der Waals surface area contributed by atoms with Crippen molar-refractivity contribution >= 4 is 52.4 Å². The molecule has 2 N–H and O–H groups in total. The van der Waals surface area contributed by atoms with Crippen LogP contribution in [-0.4, -0.2) is 27.4 Å². The lowest BCUT2D eigenvalue weighted by molar-refractivity contribution is -0.121. The van der Waals surface area contributed by atoms with Gasteiger partial charge >= 0.3 is 0 Å². The molecule has 0 spiro atoms. The molecule has 1 aliphatic heterocycles. The maximum Gasteiger partial charge on any atom is 0.257 e. The molecule has 0 saturated carbocycles. The Balaban J connectivity index is 1.49. The summed E-state index contributed by atoms with van der Waals surface area (Å²) in [6, 6.07) is 14.0. The molecule has 8 heteroatoms. The fourth-order valence-corrected chi connectivity index (χ4v) is 3.47. The Bertz CT molecular complexity index is 1110. The van der Waals surface area contributed by atoms with E-state index < -0.39 is 6.04 Å². The first-order valence-corrected chi connectivity index (χ1v) is 9.15. The van der Waals surface area contributed by atoms with Gasteiger partial charge in [0.05, 0.1) is 11.9 Å². The minimum absolute atomic E-state index is 0.0111. The van der Waals surface area contributed by atoms with Crippen molar-refractivity contribution in [3.8, 4) is 0 Å². The quantitative estimate of drug-likeness (QED) is 0.657.